The molecule has 2 N–H and O–H groups in total. The van der Waals surface area contributed by atoms with Crippen LogP contribution in [-0.2, 0) is 11.8 Å². The summed E-state index contributed by atoms with van der Waals surface area (Å²) in [6, 6.07) is 5.16. The number of nitrogens with one attached hydrogen (secondary N) is 1. The Kier molecular flexibility index (Phi) is 3.93. The Hall–Kier alpha value is -2.44. The third kappa shape index (κ3) is 3.56. The number of fused-ring (bicyclic) bond motifs is 1. The van der Waals surface area contributed by atoms with Crippen LogP contribution in [0.2, 0.25) is 0 Å². The van der Waals surface area contributed by atoms with Gasteiger partial charge in [0.2, 0.25) is 0 Å². The molecule has 2 aromatic rings. The Balaban J connectivity index is 2.12. The lowest BCUT2D eigenvalue weighted by atomic mass is 9.97. The fraction of sp³-hybridized carbons (Fsp3) is 0.429. The molecule has 1 amide bonds. The molecule has 0 atom stereocenters. The first kappa shape index (κ1) is 15.0. The molecule has 1 aromatic carbocycles. The third-order valence-electron chi connectivity index (χ3n) is 3.29. The van der Waals surface area contributed by atoms with E-state index in [0.717, 1.165) is 5.52 Å². The maximum Gasteiger partial charge on any atom is 0.303 e. The van der Waals surface area contributed by atoms with Crippen molar-refractivity contribution in [3.05, 3.63) is 23.8 Å². The number of amides is 1. The summed E-state index contributed by atoms with van der Waals surface area (Å²) in [6.07, 6.45) is 0.373. The molecule has 21 heavy (non-hydrogen) atoms. The number of aryl methyl sites for hydroxylation is 1. The number of carbonyl (C=O) groups is 2. The van der Waals surface area contributed by atoms with Crippen molar-refractivity contribution >= 4 is 22.9 Å². The molecule has 1 heterocycles. The average molecular weight is 290 g/mol. The van der Waals surface area contributed by atoms with Gasteiger partial charge in [0.1, 0.15) is 5.52 Å². The molecule has 0 bridgehead atoms. The van der Waals surface area contributed by atoms with Gasteiger partial charge in [-0.25, -0.2) is 4.68 Å². The Labute approximate surface area is 121 Å². The molecule has 7 nitrogen and oxygen atoms in total. The minimum absolute atomic E-state index is 0.0104. The first-order chi connectivity index (χ1) is 9.78. The lowest BCUT2D eigenvalue weighted by Gasteiger charge is -2.25. The first-order valence-electron chi connectivity index (χ1n) is 6.62. The zero-order valence-electron chi connectivity index (χ0n) is 12.3. The second kappa shape index (κ2) is 5.51. The van der Waals surface area contributed by atoms with Gasteiger partial charge in [-0.15, -0.1) is 5.10 Å². The Morgan fingerprint density at radius 1 is 1.38 bits per heavy atom. The number of hydrogen-bond donors (Lipinski definition) is 2. The van der Waals surface area contributed by atoms with E-state index in [1.54, 1.807) is 43.8 Å². The van der Waals surface area contributed by atoms with Crippen molar-refractivity contribution in [2.45, 2.75) is 32.2 Å². The van der Waals surface area contributed by atoms with E-state index in [1.807, 2.05) is 0 Å². The van der Waals surface area contributed by atoms with Crippen LogP contribution < -0.4 is 5.32 Å². The van der Waals surface area contributed by atoms with Crippen molar-refractivity contribution in [1.29, 1.82) is 0 Å². The molecule has 7 heteroatoms. The average Bonchev–Trinajstić information content (AvgIpc) is 2.77. The number of hydrogen-bond acceptors (Lipinski definition) is 4. The van der Waals surface area contributed by atoms with Crippen LogP contribution in [0.5, 0.6) is 0 Å². The maximum atomic E-state index is 12.2. The molecule has 1 aromatic heterocycles. The van der Waals surface area contributed by atoms with Crippen LogP contribution >= 0.6 is 0 Å². The lowest BCUT2D eigenvalue weighted by molar-refractivity contribution is -0.137. The fourth-order valence-electron chi connectivity index (χ4n) is 2.04. The number of rotatable bonds is 5. The highest BCUT2D eigenvalue weighted by Gasteiger charge is 2.22. The fourth-order valence-corrected chi connectivity index (χ4v) is 2.04. The van der Waals surface area contributed by atoms with Gasteiger partial charge in [-0.05, 0) is 38.5 Å². The molecule has 2 rings (SSSR count). The van der Waals surface area contributed by atoms with E-state index in [2.05, 4.69) is 15.6 Å². The van der Waals surface area contributed by atoms with Crippen molar-refractivity contribution in [3.8, 4) is 0 Å². The number of carboxylic acids is 1. The highest BCUT2D eigenvalue weighted by atomic mass is 16.4. The highest BCUT2D eigenvalue weighted by Crippen LogP contribution is 2.15. The highest BCUT2D eigenvalue weighted by molar-refractivity contribution is 5.97. The Bertz CT molecular complexity index is 691. The molecule has 0 unspecified atom stereocenters. The smallest absolute Gasteiger partial charge is 0.303 e. The summed E-state index contributed by atoms with van der Waals surface area (Å²) in [4.78, 5) is 22.9. The zero-order chi connectivity index (χ0) is 15.6. The number of carbonyl (C=O) groups excluding carboxylic acids is 1. The van der Waals surface area contributed by atoms with E-state index in [1.165, 1.54) is 0 Å². The van der Waals surface area contributed by atoms with Crippen molar-refractivity contribution < 1.29 is 14.7 Å². The molecule has 0 aliphatic rings. The summed E-state index contributed by atoms with van der Waals surface area (Å²) in [5, 5.41) is 19.4. The van der Waals surface area contributed by atoms with E-state index in [4.69, 9.17) is 5.11 Å². The summed E-state index contributed by atoms with van der Waals surface area (Å²) in [5.74, 6) is -1.13. The lowest BCUT2D eigenvalue weighted by Crippen LogP contribution is -2.43. The van der Waals surface area contributed by atoms with E-state index in [-0.39, 0.29) is 12.3 Å². The van der Waals surface area contributed by atoms with Crippen molar-refractivity contribution in [2.75, 3.05) is 0 Å². The van der Waals surface area contributed by atoms with Crippen molar-refractivity contribution in [1.82, 2.24) is 20.3 Å². The maximum absolute atomic E-state index is 12.2. The van der Waals surface area contributed by atoms with Gasteiger partial charge in [0.05, 0.1) is 5.52 Å². The topological polar surface area (TPSA) is 97.1 Å². The van der Waals surface area contributed by atoms with Gasteiger partial charge in [-0.1, -0.05) is 5.21 Å². The first-order valence-corrected chi connectivity index (χ1v) is 6.62. The predicted molar refractivity (Wildman–Crippen MR) is 76.9 cm³/mol. The molecular weight excluding hydrogens is 272 g/mol. The van der Waals surface area contributed by atoms with Crippen molar-refractivity contribution in [3.63, 3.8) is 0 Å². The minimum Gasteiger partial charge on any atom is -0.481 e. The molecule has 0 saturated carbocycles. The number of carboxylic acid groups (broad SMARTS) is 1. The Morgan fingerprint density at radius 2 is 2.10 bits per heavy atom. The van der Waals surface area contributed by atoms with Gasteiger partial charge in [0.15, 0.2) is 0 Å². The standard InChI is InChI=1S/C14H18N4O3/c1-14(2,7-6-12(19)20)15-13(21)9-4-5-11-10(8-9)16-17-18(11)3/h4-5,8H,6-7H2,1-3H3,(H,15,21)(H,19,20). The molecule has 0 aliphatic heterocycles. The quantitative estimate of drug-likeness (QED) is 0.866. The molecular formula is C14H18N4O3. The molecule has 112 valence electrons. The minimum atomic E-state index is -0.877. The number of aliphatic carboxylic acids is 1. The number of benzene rings is 1. The number of aromatic nitrogens is 3. The number of nitrogens with zero attached hydrogens (tertiary/aromatic N) is 3. The van der Waals surface area contributed by atoms with E-state index < -0.39 is 11.5 Å². The third-order valence-corrected chi connectivity index (χ3v) is 3.29. The second-order valence-corrected chi connectivity index (χ2v) is 5.65. The van der Waals surface area contributed by atoms with Crippen LogP contribution in [0, 0.1) is 0 Å². The van der Waals surface area contributed by atoms with E-state index in [0.29, 0.717) is 17.5 Å². The van der Waals surface area contributed by atoms with Gasteiger partial charge in [0, 0.05) is 24.6 Å². The van der Waals surface area contributed by atoms with Crippen molar-refractivity contribution in [2.24, 2.45) is 7.05 Å². The van der Waals surface area contributed by atoms with Crippen LogP contribution in [0.1, 0.15) is 37.0 Å². The van der Waals surface area contributed by atoms with Gasteiger partial charge in [-0.2, -0.15) is 0 Å². The summed E-state index contributed by atoms with van der Waals surface area (Å²) in [7, 11) is 1.78. The molecule has 0 fully saturated rings. The zero-order valence-corrected chi connectivity index (χ0v) is 12.3. The molecule has 0 saturated heterocycles. The van der Waals surface area contributed by atoms with Gasteiger partial charge < -0.3 is 10.4 Å². The van der Waals surface area contributed by atoms with Crippen LogP contribution in [0.25, 0.3) is 11.0 Å². The summed E-state index contributed by atoms with van der Waals surface area (Å²) in [6.45, 7) is 3.60. The normalized spacial score (nSPS) is 11.6. The van der Waals surface area contributed by atoms with Crippen LogP contribution in [0.3, 0.4) is 0 Å². The predicted octanol–water partition coefficient (Wildman–Crippen LogP) is 1.34. The van der Waals surface area contributed by atoms with Crippen LogP contribution in [0.15, 0.2) is 18.2 Å². The largest absolute Gasteiger partial charge is 0.481 e. The second-order valence-electron chi connectivity index (χ2n) is 5.65. The SMILES string of the molecule is Cn1nnc2cc(C(=O)NC(C)(C)CCC(=O)O)ccc21. The summed E-state index contributed by atoms with van der Waals surface area (Å²) >= 11 is 0. The molecule has 0 radical (unpaired) electrons. The van der Waals surface area contributed by atoms with E-state index >= 15 is 0 Å². The Morgan fingerprint density at radius 3 is 2.76 bits per heavy atom. The molecule has 0 aliphatic carbocycles. The summed E-state index contributed by atoms with van der Waals surface area (Å²) < 4.78 is 1.63. The molecule has 0 spiro atoms. The monoisotopic (exact) mass is 290 g/mol. The van der Waals surface area contributed by atoms with Gasteiger partial charge in [0.25, 0.3) is 5.91 Å². The van der Waals surface area contributed by atoms with Gasteiger partial charge in [-0.3, -0.25) is 9.59 Å². The summed E-state index contributed by atoms with van der Waals surface area (Å²) in [5.41, 5.74) is 1.38. The van der Waals surface area contributed by atoms with Crippen LogP contribution in [0.4, 0.5) is 0 Å². The van der Waals surface area contributed by atoms with Gasteiger partial charge >= 0.3 is 5.97 Å². The van der Waals surface area contributed by atoms with E-state index in [9.17, 15) is 9.59 Å². The van der Waals surface area contributed by atoms with Crippen LogP contribution in [-0.4, -0.2) is 37.5 Å².